The standard InChI is InChI=1S/2C10H8N2.C8H18N4O2.2Cu.2NO3/c2*1-3-7-11-9(5-1)10-6-2-4-8-12-10;9-3-1-5-11-7(13)8(14)12-6-2-4-10;;;2*2-1(3)4/h2*1-8H;1-6,9-10H2,(H,11,13)(H,12,14);;;;/q;;;2*+2;2*-1/p-2. The fourth-order valence-corrected chi connectivity index (χ4v) is 2.74. The second-order valence-corrected chi connectivity index (χ2v) is 7.97. The normalized spacial score (nSPS) is 9.71. The molecule has 0 fully saturated rings. The molecule has 48 heavy (non-hydrogen) atoms. The maximum atomic E-state index is 10.9. The Balaban J connectivity index is -0.000000558. The van der Waals surface area contributed by atoms with Crippen LogP contribution in [-0.2, 0) is 34.1 Å². The number of rotatable bonds is 8. The Hall–Kier alpha value is -5.10. The van der Waals surface area contributed by atoms with Crippen LogP contribution in [0.1, 0.15) is 12.8 Å². The zero-order chi connectivity index (χ0) is 34.4. The molecule has 264 valence electrons. The molecule has 0 bridgehead atoms. The predicted molar refractivity (Wildman–Crippen MR) is 168 cm³/mol. The Morgan fingerprint density at radius 2 is 0.771 bits per heavy atom. The summed E-state index contributed by atoms with van der Waals surface area (Å²) in [5.41, 5.74) is 14.1. The third-order valence-electron chi connectivity index (χ3n) is 4.60. The van der Waals surface area contributed by atoms with E-state index in [2.05, 4.69) is 29.9 Å². The molecular weight excluding hydrogens is 731 g/mol. The van der Waals surface area contributed by atoms with Crippen LogP contribution in [0.3, 0.4) is 0 Å². The van der Waals surface area contributed by atoms with Crippen LogP contribution in [0.5, 0.6) is 0 Å². The fourth-order valence-electron chi connectivity index (χ4n) is 2.74. The summed E-state index contributed by atoms with van der Waals surface area (Å²) < 4.78 is 0. The van der Waals surface area contributed by atoms with Crippen molar-refractivity contribution in [3.8, 4) is 22.8 Å². The van der Waals surface area contributed by atoms with E-state index < -0.39 is 22.0 Å². The van der Waals surface area contributed by atoms with E-state index in [1.807, 2.05) is 72.8 Å². The molecule has 20 heteroatoms. The van der Waals surface area contributed by atoms with Crippen LogP contribution in [0.2, 0.25) is 0 Å². The summed E-state index contributed by atoms with van der Waals surface area (Å²) in [5, 5.41) is 51.4. The first-order valence-corrected chi connectivity index (χ1v) is 13.2. The number of hydrogen-bond donors (Lipinski definition) is 2. The van der Waals surface area contributed by atoms with E-state index in [0.29, 0.717) is 25.9 Å². The molecule has 4 N–H and O–H groups in total. The molecule has 0 unspecified atom stereocenters. The van der Waals surface area contributed by atoms with Gasteiger partial charge in [0.15, 0.2) is 0 Å². The second-order valence-electron chi connectivity index (χ2n) is 7.97. The van der Waals surface area contributed by atoms with Crippen molar-refractivity contribution in [1.82, 2.24) is 19.9 Å². The Morgan fingerprint density at radius 1 is 0.542 bits per heavy atom. The van der Waals surface area contributed by atoms with E-state index in [1.54, 1.807) is 24.8 Å². The van der Waals surface area contributed by atoms with Crippen molar-refractivity contribution in [3.63, 3.8) is 0 Å². The predicted octanol–water partition coefficient (Wildman–Crippen LogP) is 1.01. The molecule has 4 rings (SSSR count). The topological polar surface area (TPSA) is 307 Å². The van der Waals surface area contributed by atoms with Gasteiger partial charge in [-0.2, -0.15) is 0 Å². The van der Waals surface area contributed by atoms with Gasteiger partial charge in [0.2, 0.25) is 0 Å². The monoisotopic (exact) mass is 762 g/mol. The molecule has 2 radical (unpaired) electrons. The molecular formula is C28H32Cu2N10O8. The van der Waals surface area contributed by atoms with Crippen LogP contribution in [0, 0.1) is 30.6 Å². The van der Waals surface area contributed by atoms with Crippen molar-refractivity contribution in [1.29, 1.82) is 0 Å². The first-order chi connectivity index (χ1) is 22.1. The molecule has 0 aliphatic carbocycles. The minimum absolute atomic E-state index is 0. The van der Waals surface area contributed by atoms with Gasteiger partial charge < -0.3 is 62.3 Å². The third kappa shape index (κ3) is 27.2. The van der Waals surface area contributed by atoms with E-state index in [9.17, 15) is 10.2 Å². The summed E-state index contributed by atoms with van der Waals surface area (Å²) in [6.45, 7) is 1.48. The van der Waals surface area contributed by atoms with Crippen LogP contribution in [0.4, 0.5) is 0 Å². The number of nitrogens with zero attached hydrogens (tertiary/aromatic N) is 8. The molecule has 0 atom stereocenters. The molecule has 0 aliphatic heterocycles. The van der Waals surface area contributed by atoms with Gasteiger partial charge in [0.05, 0.1) is 32.9 Å². The van der Waals surface area contributed by atoms with E-state index >= 15 is 0 Å². The van der Waals surface area contributed by atoms with Gasteiger partial charge in [-0.3, -0.25) is 19.9 Å². The molecule has 4 heterocycles. The Morgan fingerprint density at radius 3 is 0.938 bits per heavy atom. The van der Waals surface area contributed by atoms with Gasteiger partial charge in [0.1, 0.15) is 0 Å². The van der Waals surface area contributed by atoms with Crippen molar-refractivity contribution in [3.05, 3.63) is 128 Å². The molecule has 4 aromatic heterocycles. The van der Waals surface area contributed by atoms with Gasteiger partial charge >= 0.3 is 34.1 Å². The molecule has 0 saturated heterocycles. The number of nitrogens with two attached hydrogens (primary N) is 2. The number of pyridine rings is 4. The second kappa shape index (κ2) is 31.9. The minimum atomic E-state index is -1.75. The molecule has 0 aliphatic rings. The van der Waals surface area contributed by atoms with Crippen molar-refractivity contribution in [2.45, 2.75) is 12.8 Å². The Kier molecular flexibility index (Phi) is 31.4. The SMILES string of the molecule is NCCCN=C([O-])C([O-])=NCCCN.O=[N+]([O-])[O-].O=[N+]([O-])[O-].[Cu+2].[Cu+2].c1ccc(-c2ccccn2)nc1.c1ccc(-c2ccccn2)nc1. The smallest absolute Gasteiger partial charge is 0.858 e. The Bertz CT molecular complexity index is 1220. The van der Waals surface area contributed by atoms with E-state index in [-0.39, 0.29) is 47.2 Å². The number of aliphatic imine (C=N–C) groups is 2. The molecule has 0 aromatic carbocycles. The van der Waals surface area contributed by atoms with Crippen molar-refractivity contribution in [2.75, 3.05) is 26.2 Å². The van der Waals surface area contributed by atoms with Crippen LogP contribution in [0.15, 0.2) is 108 Å². The first-order valence-electron chi connectivity index (χ1n) is 13.2. The van der Waals surface area contributed by atoms with Gasteiger partial charge in [0.25, 0.3) is 0 Å². The number of hydrogen-bond acceptors (Lipinski definition) is 16. The van der Waals surface area contributed by atoms with Crippen molar-refractivity contribution in [2.24, 2.45) is 21.5 Å². The summed E-state index contributed by atoms with van der Waals surface area (Å²) in [6.07, 6.45) is 8.27. The zero-order valence-corrected chi connectivity index (χ0v) is 27.0. The Labute approximate surface area is 296 Å². The largest absolute Gasteiger partial charge is 2.00 e. The summed E-state index contributed by atoms with van der Waals surface area (Å²) in [6, 6.07) is 23.2. The summed E-state index contributed by atoms with van der Waals surface area (Å²) in [7, 11) is 0. The number of aromatic nitrogens is 4. The van der Waals surface area contributed by atoms with Gasteiger partial charge in [-0.05, 0) is 86.3 Å². The molecule has 0 spiro atoms. The summed E-state index contributed by atoms with van der Waals surface area (Å²) in [4.78, 5) is 40.2. The average Bonchev–Trinajstić information content (AvgIpc) is 3.07. The maximum Gasteiger partial charge on any atom is 2.00 e. The first kappa shape index (κ1) is 47.3. The van der Waals surface area contributed by atoms with Gasteiger partial charge in [-0.15, -0.1) is 0 Å². The van der Waals surface area contributed by atoms with Crippen molar-refractivity contribution < 1.29 is 54.5 Å². The molecule has 0 saturated carbocycles. The molecule has 0 amide bonds. The van der Waals surface area contributed by atoms with E-state index in [0.717, 1.165) is 22.8 Å². The van der Waals surface area contributed by atoms with Crippen LogP contribution in [0.25, 0.3) is 22.8 Å². The zero-order valence-electron chi connectivity index (χ0n) is 25.1. The van der Waals surface area contributed by atoms with Gasteiger partial charge in [0, 0.05) is 37.9 Å². The summed E-state index contributed by atoms with van der Waals surface area (Å²) in [5.74, 6) is -1.59. The van der Waals surface area contributed by atoms with Gasteiger partial charge in [-0.1, -0.05) is 24.3 Å². The molecule has 4 aromatic rings. The van der Waals surface area contributed by atoms with Gasteiger partial charge in [-0.25, -0.2) is 0 Å². The maximum absolute atomic E-state index is 10.9. The average molecular weight is 764 g/mol. The quantitative estimate of drug-likeness (QED) is 0.0632. The van der Waals surface area contributed by atoms with Crippen LogP contribution < -0.4 is 21.7 Å². The minimum Gasteiger partial charge on any atom is -0.858 e. The van der Waals surface area contributed by atoms with E-state index in [1.165, 1.54) is 0 Å². The third-order valence-corrected chi connectivity index (χ3v) is 4.60. The fraction of sp³-hybridized carbons (Fsp3) is 0.214. The molecule has 18 nitrogen and oxygen atoms in total. The van der Waals surface area contributed by atoms with Crippen LogP contribution >= 0.6 is 0 Å². The van der Waals surface area contributed by atoms with Crippen molar-refractivity contribution >= 4 is 11.8 Å². The van der Waals surface area contributed by atoms with E-state index in [4.69, 9.17) is 42.1 Å². The van der Waals surface area contributed by atoms with Crippen LogP contribution in [-0.4, -0.2) is 68.1 Å². The summed E-state index contributed by atoms with van der Waals surface area (Å²) >= 11 is 0.